The molecule has 5 rings (SSSR count). The molecule has 1 amide bonds. The predicted molar refractivity (Wildman–Crippen MR) is 107 cm³/mol. The third-order valence-electron chi connectivity index (χ3n) is 5.78. The van der Waals surface area contributed by atoms with Crippen LogP contribution in [0.15, 0.2) is 36.4 Å². The number of hydrogen-bond donors (Lipinski definition) is 1. The minimum atomic E-state index is -0.00465. The van der Waals surface area contributed by atoms with Gasteiger partial charge in [-0.25, -0.2) is 0 Å². The van der Waals surface area contributed by atoms with Gasteiger partial charge in [-0.05, 0) is 43.2 Å². The molecule has 1 aliphatic heterocycles. The van der Waals surface area contributed by atoms with Crippen LogP contribution >= 0.6 is 0 Å². The first-order chi connectivity index (χ1) is 13.6. The molecular formula is C21H23N5O2. The zero-order valence-corrected chi connectivity index (χ0v) is 16.1. The number of amides is 1. The largest absolute Gasteiger partial charge is 0.497 e. The summed E-state index contributed by atoms with van der Waals surface area (Å²) < 4.78 is 5.25. The molecule has 0 spiro atoms. The maximum atomic E-state index is 12.9. The van der Waals surface area contributed by atoms with Gasteiger partial charge in [0.1, 0.15) is 11.4 Å². The molecule has 0 bridgehead atoms. The number of nitrogens with zero attached hydrogens (tertiary/aromatic N) is 4. The molecule has 2 fully saturated rings. The summed E-state index contributed by atoms with van der Waals surface area (Å²) in [4.78, 5) is 20.1. The molecule has 0 unspecified atom stereocenters. The van der Waals surface area contributed by atoms with E-state index in [-0.39, 0.29) is 11.9 Å². The summed E-state index contributed by atoms with van der Waals surface area (Å²) in [5, 5.41) is 9.70. The molecule has 3 aromatic rings. The molecule has 1 N–H and O–H groups in total. The van der Waals surface area contributed by atoms with Crippen molar-refractivity contribution in [2.24, 2.45) is 0 Å². The topological polar surface area (TPSA) is 74.3 Å². The first-order valence-electron chi connectivity index (χ1n) is 9.65. The number of nitrogens with one attached hydrogen (secondary N) is 1. The number of hydrogen-bond acceptors (Lipinski definition) is 5. The van der Waals surface area contributed by atoms with Crippen LogP contribution in [0.25, 0.3) is 10.9 Å². The molecule has 1 aromatic carbocycles. The number of carbonyl (C=O) groups excluding carboxylic acids is 1. The van der Waals surface area contributed by atoms with Crippen molar-refractivity contribution in [1.29, 1.82) is 0 Å². The Morgan fingerprint density at radius 2 is 2.00 bits per heavy atom. The highest BCUT2D eigenvalue weighted by atomic mass is 16.5. The monoisotopic (exact) mass is 377 g/mol. The molecule has 1 saturated heterocycles. The van der Waals surface area contributed by atoms with Gasteiger partial charge in [0.2, 0.25) is 0 Å². The van der Waals surface area contributed by atoms with E-state index in [9.17, 15) is 4.79 Å². The van der Waals surface area contributed by atoms with Crippen molar-refractivity contribution >= 4 is 22.6 Å². The maximum absolute atomic E-state index is 12.9. The minimum absolute atomic E-state index is 0.00465. The number of likely N-dealkylation sites (N-methyl/N-ethyl adjacent to an activating group) is 1. The van der Waals surface area contributed by atoms with Crippen LogP contribution in [0.1, 0.15) is 34.9 Å². The third-order valence-corrected chi connectivity index (χ3v) is 5.78. The zero-order chi connectivity index (χ0) is 19.3. The number of rotatable bonds is 5. The van der Waals surface area contributed by atoms with E-state index in [1.54, 1.807) is 7.11 Å². The lowest BCUT2D eigenvalue weighted by Crippen LogP contribution is -2.60. The fourth-order valence-corrected chi connectivity index (χ4v) is 3.69. The summed E-state index contributed by atoms with van der Waals surface area (Å²) in [7, 11) is 3.49. The van der Waals surface area contributed by atoms with E-state index in [0.717, 1.165) is 41.3 Å². The Labute approximate surface area is 163 Å². The Bertz CT molecular complexity index is 1020. The van der Waals surface area contributed by atoms with Crippen molar-refractivity contribution in [2.75, 3.05) is 32.1 Å². The van der Waals surface area contributed by atoms with Gasteiger partial charge in [-0.15, -0.1) is 5.10 Å². The average Bonchev–Trinajstić information content (AvgIpc) is 3.45. The van der Waals surface area contributed by atoms with Crippen LogP contribution in [0, 0.1) is 0 Å². The Morgan fingerprint density at radius 3 is 2.68 bits per heavy atom. The molecular weight excluding hydrogens is 354 g/mol. The lowest BCUT2D eigenvalue weighted by Gasteiger charge is -2.44. The molecule has 7 nitrogen and oxygen atoms in total. The molecule has 7 heteroatoms. The molecule has 1 saturated carbocycles. The van der Waals surface area contributed by atoms with Gasteiger partial charge in [-0.3, -0.25) is 4.79 Å². The van der Waals surface area contributed by atoms with Crippen LogP contribution < -0.4 is 9.64 Å². The lowest BCUT2D eigenvalue weighted by molar-refractivity contribution is 0.0700. The van der Waals surface area contributed by atoms with Crippen LogP contribution in [-0.2, 0) is 0 Å². The Hall–Kier alpha value is -3.09. The normalized spacial score (nSPS) is 16.9. The van der Waals surface area contributed by atoms with Crippen molar-refractivity contribution in [3.05, 3.63) is 47.8 Å². The number of aromatic amines is 1. The number of ether oxygens (including phenoxy) is 1. The van der Waals surface area contributed by atoms with Crippen LogP contribution in [0.2, 0.25) is 0 Å². The van der Waals surface area contributed by atoms with E-state index in [1.165, 1.54) is 12.8 Å². The average molecular weight is 377 g/mol. The number of H-pyrrole nitrogens is 1. The molecule has 1 aliphatic carbocycles. The lowest BCUT2D eigenvalue weighted by atomic mass is 10.1. The van der Waals surface area contributed by atoms with Gasteiger partial charge < -0.3 is 19.5 Å². The van der Waals surface area contributed by atoms with Gasteiger partial charge in [0, 0.05) is 43.0 Å². The van der Waals surface area contributed by atoms with Gasteiger partial charge in [-0.2, -0.15) is 5.10 Å². The van der Waals surface area contributed by atoms with Gasteiger partial charge in [0.25, 0.3) is 5.91 Å². The highest BCUT2D eigenvalue weighted by molar-refractivity contribution is 5.98. The molecule has 144 valence electrons. The molecule has 0 radical (unpaired) electrons. The molecule has 28 heavy (non-hydrogen) atoms. The summed E-state index contributed by atoms with van der Waals surface area (Å²) >= 11 is 0. The highest BCUT2D eigenvalue weighted by Crippen LogP contribution is 2.39. The molecule has 2 aromatic heterocycles. The second kappa shape index (κ2) is 6.51. The quantitative estimate of drug-likeness (QED) is 0.740. The first kappa shape index (κ1) is 17.0. The fraction of sp³-hybridized carbons (Fsp3) is 0.381. The van der Waals surface area contributed by atoms with Crippen molar-refractivity contribution in [2.45, 2.75) is 24.8 Å². The smallest absolute Gasteiger partial charge is 0.270 e. The van der Waals surface area contributed by atoms with Gasteiger partial charge in [-0.1, -0.05) is 0 Å². The summed E-state index contributed by atoms with van der Waals surface area (Å²) in [6, 6.07) is 11.9. The van der Waals surface area contributed by atoms with E-state index in [2.05, 4.69) is 26.1 Å². The zero-order valence-electron chi connectivity index (χ0n) is 16.1. The van der Waals surface area contributed by atoms with Crippen LogP contribution in [0.5, 0.6) is 5.75 Å². The number of anilines is 1. The summed E-state index contributed by atoms with van der Waals surface area (Å²) in [5.41, 5.74) is 2.60. The first-order valence-corrected chi connectivity index (χ1v) is 9.65. The van der Waals surface area contributed by atoms with E-state index < -0.39 is 0 Å². The van der Waals surface area contributed by atoms with E-state index >= 15 is 0 Å². The summed E-state index contributed by atoms with van der Waals surface area (Å²) in [5.74, 6) is 2.27. The van der Waals surface area contributed by atoms with Crippen molar-refractivity contribution in [1.82, 2.24) is 20.1 Å². The van der Waals surface area contributed by atoms with E-state index in [0.29, 0.717) is 11.6 Å². The van der Waals surface area contributed by atoms with E-state index in [4.69, 9.17) is 4.74 Å². The van der Waals surface area contributed by atoms with Gasteiger partial charge >= 0.3 is 0 Å². The molecule has 0 atom stereocenters. The fourth-order valence-electron chi connectivity index (χ4n) is 3.69. The third kappa shape index (κ3) is 2.96. The van der Waals surface area contributed by atoms with Crippen molar-refractivity contribution in [3.63, 3.8) is 0 Å². The number of methoxy groups -OCH3 is 1. The van der Waals surface area contributed by atoms with Gasteiger partial charge in [0.05, 0.1) is 18.8 Å². The van der Waals surface area contributed by atoms with Crippen LogP contribution in [-0.4, -0.2) is 59.3 Å². The van der Waals surface area contributed by atoms with Crippen molar-refractivity contribution in [3.8, 4) is 5.75 Å². The Kier molecular flexibility index (Phi) is 3.96. The predicted octanol–water partition coefficient (Wildman–Crippen LogP) is 2.80. The molecule has 2 aliphatic rings. The highest BCUT2D eigenvalue weighted by Gasteiger charge is 2.34. The Morgan fingerprint density at radius 1 is 1.18 bits per heavy atom. The number of carbonyl (C=O) groups is 1. The standard InChI is InChI=1S/C21H23N5O2/c1-25(21(27)19-9-14-5-6-16(28-2)10-18(14)22-19)15-11-26(12-15)20-8-7-17(23-24-20)13-3-4-13/h5-10,13,15,22H,3-4,11-12H2,1-2H3. The van der Waals surface area contributed by atoms with Crippen LogP contribution in [0.4, 0.5) is 5.82 Å². The second-order valence-electron chi connectivity index (χ2n) is 7.70. The summed E-state index contributed by atoms with van der Waals surface area (Å²) in [6.45, 7) is 1.54. The number of benzene rings is 1. The van der Waals surface area contributed by atoms with Gasteiger partial charge in [0.15, 0.2) is 5.82 Å². The minimum Gasteiger partial charge on any atom is -0.497 e. The number of aromatic nitrogens is 3. The second-order valence-corrected chi connectivity index (χ2v) is 7.70. The van der Waals surface area contributed by atoms with Crippen LogP contribution in [0.3, 0.4) is 0 Å². The Balaban J connectivity index is 1.24. The van der Waals surface area contributed by atoms with E-state index in [1.807, 2.05) is 42.3 Å². The molecule has 3 heterocycles. The maximum Gasteiger partial charge on any atom is 0.270 e. The van der Waals surface area contributed by atoms with Crippen molar-refractivity contribution < 1.29 is 9.53 Å². The number of fused-ring (bicyclic) bond motifs is 1. The summed E-state index contributed by atoms with van der Waals surface area (Å²) in [6.07, 6.45) is 2.46. The SMILES string of the molecule is COc1ccc2cc(C(=O)N(C)C3CN(c4ccc(C5CC5)nn4)C3)[nH]c2c1.